The second kappa shape index (κ2) is 9.48. The number of benzene rings is 2. The van der Waals surface area contributed by atoms with Crippen molar-refractivity contribution in [3.63, 3.8) is 0 Å². The minimum Gasteiger partial charge on any atom is -0.495 e. The third-order valence-electron chi connectivity index (χ3n) is 3.90. The highest BCUT2D eigenvalue weighted by Crippen LogP contribution is 2.27. The summed E-state index contributed by atoms with van der Waals surface area (Å²) in [5.41, 5.74) is 0.636. The molecule has 2 rings (SSSR count). The summed E-state index contributed by atoms with van der Waals surface area (Å²) in [6, 6.07) is 9.38. The van der Waals surface area contributed by atoms with Crippen LogP contribution >= 0.6 is 0 Å². The zero-order valence-electron chi connectivity index (χ0n) is 16.1. The van der Waals surface area contributed by atoms with Crippen molar-refractivity contribution >= 4 is 21.9 Å². The minimum absolute atomic E-state index is 0.0439. The van der Waals surface area contributed by atoms with E-state index >= 15 is 0 Å². The number of esters is 1. The van der Waals surface area contributed by atoms with Crippen LogP contribution in [0.1, 0.15) is 15.9 Å². The third kappa shape index (κ3) is 5.75. The Balaban J connectivity index is 2.01. The number of ether oxygens (including phenoxy) is 2. The van der Waals surface area contributed by atoms with Gasteiger partial charge in [-0.05, 0) is 35.9 Å². The summed E-state index contributed by atoms with van der Waals surface area (Å²) < 4.78 is 48.6. The molecule has 1 N–H and O–H groups in total. The first-order valence-electron chi connectivity index (χ1n) is 8.44. The number of amides is 1. The van der Waals surface area contributed by atoms with Crippen LogP contribution in [0.5, 0.6) is 5.75 Å². The average molecular weight is 424 g/mol. The lowest BCUT2D eigenvalue weighted by Crippen LogP contribution is -2.28. The largest absolute Gasteiger partial charge is 0.495 e. The molecule has 156 valence electrons. The SMILES string of the molecule is COc1ccc(C(=O)OCC(=O)NCc2ccc(F)cc2)cc1S(=O)(=O)N(C)C. The van der Waals surface area contributed by atoms with Gasteiger partial charge >= 0.3 is 5.97 Å². The highest BCUT2D eigenvalue weighted by atomic mass is 32.2. The average Bonchev–Trinajstić information content (AvgIpc) is 2.70. The molecule has 1 amide bonds. The number of nitrogens with one attached hydrogen (secondary N) is 1. The van der Waals surface area contributed by atoms with Crippen LogP contribution in [-0.4, -0.2) is 52.4 Å². The molecule has 29 heavy (non-hydrogen) atoms. The van der Waals surface area contributed by atoms with E-state index in [-0.39, 0.29) is 28.6 Å². The van der Waals surface area contributed by atoms with Gasteiger partial charge in [0, 0.05) is 20.6 Å². The van der Waals surface area contributed by atoms with Crippen LogP contribution < -0.4 is 10.1 Å². The predicted octanol–water partition coefficient (Wildman–Crippen LogP) is 1.56. The Hall–Kier alpha value is -2.98. The molecular weight excluding hydrogens is 403 g/mol. The van der Waals surface area contributed by atoms with E-state index in [1.54, 1.807) is 0 Å². The highest BCUT2D eigenvalue weighted by molar-refractivity contribution is 7.89. The van der Waals surface area contributed by atoms with E-state index in [1.165, 1.54) is 57.6 Å². The molecule has 2 aromatic carbocycles. The standard InChI is InChI=1S/C19H21FN2O6S/c1-22(2)29(25,26)17-10-14(6-9-16(17)27-3)19(24)28-12-18(23)21-11-13-4-7-15(20)8-5-13/h4-10H,11-12H2,1-3H3,(H,21,23). The predicted molar refractivity (Wildman–Crippen MR) is 102 cm³/mol. The van der Waals surface area contributed by atoms with Crippen molar-refractivity contribution in [2.75, 3.05) is 27.8 Å². The molecule has 0 aromatic heterocycles. The van der Waals surface area contributed by atoms with Crippen molar-refractivity contribution < 1.29 is 31.9 Å². The molecule has 0 saturated heterocycles. The number of hydrogen-bond acceptors (Lipinski definition) is 6. The number of halogens is 1. The maximum Gasteiger partial charge on any atom is 0.338 e. The molecule has 0 aliphatic rings. The third-order valence-corrected chi connectivity index (χ3v) is 5.73. The Kier molecular flexibility index (Phi) is 7.29. The van der Waals surface area contributed by atoms with Crippen LogP contribution in [0.15, 0.2) is 47.4 Å². The lowest BCUT2D eigenvalue weighted by molar-refractivity contribution is -0.124. The van der Waals surface area contributed by atoms with Crippen molar-refractivity contribution in [2.24, 2.45) is 0 Å². The van der Waals surface area contributed by atoms with Gasteiger partial charge in [0.1, 0.15) is 16.5 Å². The Morgan fingerprint density at radius 2 is 1.76 bits per heavy atom. The number of hydrogen-bond donors (Lipinski definition) is 1. The van der Waals surface area contributed by atoms with Gasteiger partial charge in [-0.2, -0.15) is 0 Å². The van der Waals surface area contributed by atoms with Crippen LogP contribution in [0, 0.1) is 5.82 Å². The summed E-state index contributed by atoms with van der Waals surface area (Å²) in [6.45, 7) is -0.410. The van der Waals surface area contributed by atoms with E-state index in [9.17, 15) is 22.4 Å². The Labute approximate surface area is 168 Å². The second-order valence-electron chi connectivity index (χ2n) is 6.13. The van der Waals surface area contributed by atoms with Crippen molar-refractivity contribution in [3.8, 4) is 5.75 Å². The molecule has 10 heteroatoms. The number of carbonyl (C=O) groups is 2. The Morgan fingerprint density at radius 1 is 1.10 bits per heavy atom. The second-order valence-corrected chi connectivity index (χ2v) is 8.25. The summed E-state index contributed by atoms with van der Waals surface area (Å²) in [6.07, 6.45) is 0. The molecule has 0 unspecified atom stereocenters. The van der Waals surface area contributed by atoms with E-state index in [4.69, 9.17) is 9.47 Å². The summed E-state index contributed by atoms with van der Waals surface area (Å²) >= 11 is 0. The van der Waals surface area contributed by atoms with Crippen molar-refractivity contribution in [2.45, 2.75) is 11.4 Å². The van der Waals surface area contributed by atoms with Gasteiger partial charge in [0.25, 0.3) is 5.91 Å². The highest BCUT2D eigenvalue weighted by Gasteiger charge is 2.24. The van der Waals surface area contributed by atoms with Crippen molar-refractivity contribution in [1.29, 1.82) is 0 Å². The maximum atomic E-state index is 12.9. The monoisotopic (exact) mass is 424 g/mol. The Morgan fingerprint density at radius 3 is 2.34 bits per heavy atom. The van der Waals surface area contributed by atoms with Gasteiger partial charge in [-0.3, -0.25) is 4.79 Å². The molecule has 8 nitrogen and oxygen atoms in total. The van der Waals surface area contributed by atoms with Gasteiger partial charge in [0.05, 0.1) is 12.7 Å². The van der Waals surface area contributed by atoms with Crippen molar-refractivity contribution in [1.82, 2.24) is 9.62 Å². The van der Waals surface area contributed by atoms with Crippen LogP contribution in [0.3, 0.4) is 0 Å². The Bertz CT molecular complexity index is 990. The zero-order chi connectivity index (χ0) is 21.6. The number of nitrogens with zero attached hydrogens (tertiary/aromatic N) is 1. The van der Waals surface area contributed by atoms with Gasteiger partial charge < -0.3 is 14.8 Å². The first kappa shape index (κ1) is 22.3. The van der Waals surface area contributed by atoms with E-state index in [0.29, 0.717) is 5.56 Å². The van der Waals surface area contributed by atoms with E-state index in [2.05, 4.69) is 5.32 Å². The molecule has 0 bridgehead atoms. The minimum atomic E-state index is -3.85. The molecule has 0 atom stereocenters. The summed E-state index contributed by atoms with van der Waals surface area (Å²) in [5, 5.41) is 2.53. The fourth-order valence-electron chi connectivity index (χ4n) is 2.27. The zero-order valence-corrected chi connectivity index (χ0v) is 17.0. The maximum absolute atomic E-state index is 12.9. The van der Waals surface area contributed by atoms with E-state index < -0.39 is 28.5 Å². The molecule has 2 aromatic rings. The van der Waals surface area contributed by atoms with E-state index in [0.717, 1.165) is 10.4 Å². The van der Waals surface area contributed by atoms with Gasteiger partial charge in [-0.15, -0.1) is 0 Å². The molecule has 0 aliphatic carbocycles. The number of rotatable bonds is 8. The van der Waals surface area contributed by atoms with Gasteiger partial charge in [0.2, 0.25) is 10.0 Å². The lowest BCUT2D eigenvalue weighted by atomic mass is 10.2. The normalized spacial score (nSPS) is 11.2. The molecular formula is C19H21FN2O6S. The molecule has 0 radical (unpaired) electrons. The van der Waals surface area contributed by atoms with E-state index in [1.807, 2.05) is 0 Å². The first-order valence-corrected chi connectivity index (χ1v) is 9.88. The molecule has 0 spiro atoms. The quantitative estimate of drug-likeness (QED) is 0.646. The van der Waals surface area contributed by atoms with Gasteiger partial charge in [-0.25, -0.2) is 21.9 Å². The molecule has 0 aliphatic heterocycles. The topological polar surface area (TPSA) is 102 Å². The number of sulfonamides is 1. The first-order chi connectivity index (χ1) is 13.6. The van der Waals surface area contributed by atoms with Crippen LogP contribution in [0.4, 0.5) is 4.39 Å². The number of carbonyl (C=O) groups excluding carboxylic acids is 2. The van der Waals surface area contributed by atoms with Crippen LogP contribution in [-0.2, 0) is 26.1 Å². The van der Waals surface area contributed by atoms with Crippen LogP contribution in [0.2, 0.25) is 0 Å². The van der Waals surface area contributed by atoms with Gasteiger partial charge in [0.15, 0.2) is 6.61 Å². The molecule has 0 fully saturated rings. The lowest BCUT2D eigenvalue weighted by Gasteiger charge is -2.15. The summed E-state index contributed by atoms with van der Waals surface area (Å²) in [5.74, 6) is -1.73. The fourth-order valence-corrected chi connectivity index (χ4v) is 3.35. The fraction of sp³-hybridized carbons (Fsp3) is 0.263. The van der Waals surface area contributed by atoms with Gasteiger partial charge in [-0.1, -0.05) is 12.1 Å². The van der Waals surface area contributed by atoms with Crippen LogP contribution in [0.25, 0.3) is 0 Å². The summed E-state index contributed by atoms with van der Waals surface area (Å²) in [7, 11) is 0.163. The number of methoxy groups -OCH3 is 1. The molecule has 0 heterocycles. The smallest absolute Gasteiger partial charge is 0.338 e. The van der Waals surface area contributed by atoms with Crippen molar-refractivity contribution in [3.05, 3.63) is 59.4 Å². The molecule has 0 saturated carbocycles. The summed E-state index contributed by atoms with van der Waals surface area (Å²) in [4.78, 5) is 23.9.